The van der Waals surface area contributed by atoms with Gasteiger partial charge in [0.2, 0.25) is 0 Å². The third kappa shape index (κ3) is 12.3. The molecule has 1 atom stereocenters. The van der Waals surface area contributed by atoms with Gasteiger partial charge in [0.05, 0.1) is 0 Å². The minimum Gasteiger partial charge on any atom is -0.291 e. The summed E-state index contributed by atoms with van der Waals surface area (Å²) in [6, 6.07) is 0. The van der Waals surface area contributed by atoms with Crippen LogP contribution in [0.1, 0.15) is 79.6 Å². The second-order valence-electron chi connectivity index (χ2n) is 6.54. The highest BCUT2D eigenvalue weighted by Gasteiger charge is 2.16. The van der Waals surface area contributed by atoms with E-state index in [2.05, 4.69) is 46.8 Å². The normalized spacial score (nSPS) is 11.7. The van der Waals surface area contributed by atoms with Crippen molar-refractivity contribution in [1.82, 2.24) is 0 Å². The van der Waals surface area contributed by atoms with Gasteiger partial charge in [0, 0.05) is 12.8 Å². The molecule has 0 rings (SSSR count). The number of ketones is 2. The van der Waals surface area contributed by atoms with Gasteiger partial charge < -0.3 is 0 Å². The molecule has 0 fully saturated rings. The Morgan fingerprint density at radius 1 is 0.857 bits per heavy atom. The maximum Gasteiger partial charge on any atom is 0.198 e. The first kappa shape index (κ1) is 19.8. The van der Waals surface area contributed by atoms with Crippen molar-refractivity contribution in [3.63, 3.8) is 0 Å². The van der Waals surface area contributed by atoms with E-state index in [1.807, 2.05) is 0 Å². The summed E-state index contributed by atoms with van der Waals surface area (Å²) < 4.78 is 0. The SMILES string of the molecule is CC(C)=CCCCCC(=O)C(=O)C[C@@H](C)CCC=C(C)C. The van der Waals surface area contributed by atoms with Gasteiger partial charge in [0.25, 0.3) is 0 Å². The number of Topliss-reactive ketones (excluding diaryl/α,β-unsaturated/α-hetero) is 2. The highest BCUT2D eigenvalue weighted by Crippen LogP contribution is 2.14. The Bertz CT molecular complexity index is 380. The second-order valence-corrected chi connectivity index (χ2v) is 6.54. The lowest BCUT2D eigenvalue weighted by atomic mass is 9.95. The molecule has 0 amide bonds. The molecular formula is C19H32O2. The summed E-state index contributed by atoms with van der Waals surface area (Å²) in [7, 11) is 0. The average molecular weight is 292 g/mol. The summed E-state index contributed by atoms with van der Waals surface area (Å²) in [5.41, 5.74) is 2.61. The summed E-state index contributed by atoms with van der Waals surface area (Å²) in [6.07, 6.45) is 9.96. The van der Waals surface area contributed by atoms with Crippen molar-refractivity contribution in [2.45, 2.75) is 79.6 Å². The number of rotatable bonds is 11. The first-order valence-corrected chi connectivity index (χ1v) is 8.15. The van der Waals surface area contributed by atoms with Crippen LogP contribution in [0.2, 0.25) is 0 Å². The van der Waals surface area contributed by atoms with E-state index in [9.17, 15) is 9.59 Å². The molecule has 0 aliphatic carbocycles. The van der Waals surface area contributed by atoms with Crippen LogP contribution in [0, 0.1) is 5.92 Å². The summed E-state index contributed by atoms with van der Waals surface area (Å²) in [6.45, 7) is 10.4. The molecule has 120 valence electrons. The van der Waals surface area contributed by atoms with Gasteiger partial charge in [0.15, 0.2) is 11.6 Å². The van der Waals surface area contributed by atoms with Crippen molar-refractivity contribution in [3.8, 4) is 0 Å². The topological polar surface area (TPSA) is 34.1 Å². The van der Waals surface area contributed by atoms with E-state index in [-0.39, 0.29) is 11.6 Å². The summed E-state index contributed by atoms with van der Waals surface area (Å²) in [5.74, 6) is -0.0640. The third-order valence-corrected chi connectivity index (χ3v) is 3.47. The van der Waals surface area contributed by atoms with Crippen LogP contribution in [0.5, 0.6) is 0 Å². The smallest absolute Gasteiger partial charge is 0.198 e. The van der Waals surface area contributed by atoms with Crippen LogP contribution in [0.3, 0.4) is 0 Å². The van der Waals surface area contributed by atoms with Crippen molar-refractivity contribution < 1.29 is 9.59 Å². The summed E-state index contributed by atoms with van der Waals surface area (Å²) in [5, 5.41) is 0. The quantitative estimate of drug-likeness (QED) is 0.289. The first-order chi connectivity index (χ1) is 9.82. The minimum atomic E-state index is -0.179. The lowest BCUT2D eigenvalue weighted by molar-refractivity contribution is -0.137. The molecule has 0 aliphatic rings. The number of carbonyl (C=O) groups is 2. The molecule has 2 nitrogen and oxygen atoms in total. The van der Waals surface area contributed by atoms with Crippen LogP contribution in [-0.2, 0) is 9.59 Å². The molecule has 0 saturated carbocycles. The van der Waals surface area contributed by atoms with E-state index in [0.29, 0.717) is 18.8 Å². The predicted molar refractivity (Wildman–Crippen MR) is 90.4 cm³/mol. The van der Waals surface area contributed by atoms with Crippen molar-refractivity contribution in [2.75, 3.05) is 0 Å². The van der Waals surface area contributed by atoms with E-state index >= 15 is 0 Å². The Hall–Kier alpha value is -1.18. The van der Waals surface area contributed by atoms with Crippen LogP contribution in [0.15, 0.2) is 23.3 Å². The highest BCUT2D eigenvalue weighted by molar-refractivity contribution is 6.37. The van der Waals surface area contributed by atoms with Gasteiger partial charge in [-0.1, -0.05) is 30.2 Å². The zero-order chi connectivity index (χ0) is 16.3. The van der Waals surface area contributed by atoms with E-state index in [4.69, 9.17) is 0 Å². The number of hydrogen-bond acceptors (Lipinski definition) is 2. The third-order valence-electron chi connectivity index (χ3n) is 3.47. The van der Waals surface area contributed by atoms with Gasteiger partial charge >= 0.3 is 0 Å². The first-order valence-electron chi connectivity index (χ1n) is 8.15. The molecule has 0 spiro atoms. The molecular weight excluding hydrogens is 260 g/mol. The van der Waals surface area contributed by atoms with Crippen LogP contribution in [0.4, 0.5) is 0 Å². The highest BCUT2D eigenvalue weighted by atomic mass is 16.2. The number of hydrogen-bond donors (Lipinski definition) is 0. The Morgan fingerprint density at radius 2 is 1.43 bits per heavy atom. The minimum absolute atomic E-state index is 0.179. The van der Waals surface area contributed by atoms with Gasteiger partial charge in [-0.3, -0.25) is 9.59 Å². The fraction of sp³-hybridized carbons (Fsp3) is 0.684. The molecule has 0 bridgehead atoms. The van der Waals surface area contributed by atoms with Crippen LogP contribution in [-0.4, -0.2) is 11.6 Å². The number of carbonyl (C=O) groups excluding carboxylic acids is 2. The average Bonchev–Trinajstić information content (AvgIpc) is 2.37. The van der Waals surface area contributed by atoms with Crippen molar-refractivity contribution >= 4 is 11.6 Å². The second kappa shape index (κ2) is 11.5. The zero-order valence-corrected chi connectivity index (χ0v) is 14.5. The monoisotopic (exact) mass is 292 g/mol. The number of unbranched alkanes of at least 4 members (excludes halogenated alkanes) is 2. The largest absolute Gasteiger partial charge is 0.291 e. The maximum atomic E-state index is 11.8. The Kier molecular flexibility index (Phi) is 10.8. The molecule has 0 aromatic rings. The van der Waals surface area contributed by atoms with E-state index in [0.717, 1.165) is 32.1 Å². The zero-order valence-electron chi connectivity index (χ0n) is 14.5. The van der Waals surface area contributed by atoms with Crippen molar-refractivity contribution in [2.24, 2.45) is 5.92 Å². The van der Waals surface area contributed by atoms with E-state index in [1.165, 1.54) is 11.1 Å². The predicted octanol–water partition coefficient (Wildman–Crippen LogP) is 5.42. The van der Waals surface area contributed by atoms with Gasteiger partial charge in [-0.25, -0.2) is 0 Å². The summed E-state index contributed by atoms with van der Waals surface area (Å²) in [4.78, 5) is 23.6. The molecule has 0 saturated heterocycles. The Morgan fingerprint density at radius 3 is 2.00 bits per heavy atom. The van der Waals surface area contributed by atoms with Crippen LogP contribution < -0.4 is 0 Å². The lowest BCUT2D eigenvalue weighted by Gasteiger charge is -2.08. The molecule has 0 radical (unpaired) electrons. The lowest BCUT2D eigenvalue weighted by Crippen LogP contribution is -2.16. The molecule has 0 unspecified atom stereocenters. The van der Waals surface area contributed by atoms with Crippen molar-refractivity contribution in [1.29, 1.82) is 0 Å². The molecule has 2 heteroatoms. The van der Waals surface area contributed by atoms with Gasteiger partial charge in [-0.2, -0.15) is 0 Å². The Labute approximate surface area is 130 Å². The fourth-order valence-electron chi connectivity index (χ4n) is 2.15. The van der Waals surface area contributed by atoms with Crippen molar-refractivity contribution in [3.05, 3.63) is 23.3 Å². The molecule has 0 aromatic carbocycles. The Balaban J connectivity index is 3.86. The van der Waals surface area contributed by atoms with E-state index < -0.39 is 0 Å². The molecule has 0 aromatic heterocycles. The van der Waals surface area contributed by atoms with E-state index in [1.54, 1.807) is 0 Å². The van der Waals surface area contributed by atoms with Gasteiger partial charge in [-0.05, 0) is 65.7 Å². The molecule has 0 aliphatic heterocycles. The van der Waals surface area contributed by atoms with Gasteiger partial charge in [0.1, 0.15) is 0 Å². The summed E-state index contributed by atoms with van der Waals surface area (Å²) >= 11 is 0. The van der Waals surface area contributed by atoms with Crippen LogP contribution >= 0.6 is 0 Å². The molecule has 0 heterocycles. The fourth-order valence-corrected chi connectivity index (χ4v) is 2.15. The molecule has 0 N–H and O–H groups in total. The van der Waals surface area contributed by atoms with Gasteiger partial charge in [-0.15, -0.1) is 0 Å². The molecule has 21 heavy (non-hydrogen) atoms. The number of allylic oxidation sites excluding steroid dienone is 4. The standard InChI is InChI=1S/C19H32O2/c1-15(2)10-7-6-8-13-18(20)19(21)14-17(5)12-9-11-16(3)4/h10-11,17H,6-9,12-14H2,1-5H3/t17-/m0/s1. The maximum absolute atomic E-state index is 11.8. The van der Waals surface area contributed by atoms with Crippen LogP contribution in [0.25, 0.3) is 0 Å².